The topological polar surface area (TPSA) is 82.5 Å². The summed E-state index contributed by atoms with van der Waals surface area (Å²) in [5, 5.41) is 12.2. The first-order valence-electron chi connectivity index (χ1n) is 14.8. The van der Waals surface area contributed by atoms with Gasteiger partial charge in [0, 0.05) is 33.7 Å². The van der Waals surface area contributed by atoms with E-state index < -0.39 is 0 Å². The summed E-state index contributed by atoms with van der Waals surface area (Å²) in [5.74, 6) is -0.386. The van der Waals surface area contributed by atoms with E-state index in [1.54, 1.807) is 12.1 Å². The maximum absolute atomic E-state index is 14.2. The van der Waals surface area contributed by atoms with Crippen LogP contribution in [0.2, 0.25) is 0 Å². The molecule has 0 amide bonds. The monoisotopic (exact) mass is 577 g/mol. The van der Waals surface area contributed by atoms with Gasteiger partial charge in [0.05, 0.1) is 11.2 Å². The zero-order valence-corrected chi connectivity index (χ0v) is 26.1. The van der Waals surface area contributed by atoms with Crippen LogP contribution < -0.4 is 11.1 Å². The summed E-state index contributed by atoms with van der Waals surface area (Å²) in [6.07, 6.45) is 12.7. The molecule has 0 spiro atoms. The largest absolute Gasteiger partial charge is 0.399 e. The van der Waals surface area contributed by atoms with Crippen molar-refractivity contribution >= 4 is 27.7 Å². The van der Waals surface area contributed by atoms with Crippen LogP contribution in [0, 0.1) is 12.7 Å². The number of nitrogen functional groups attached to an aromatic ring is 1. The Hall–Kier alpha value is -4.84. The molecule has 5 N–H and O–H groups in total. The number of nitrogens with one attached hydrogen (secondary N) is 3. The molecule has 4 rings (SSSR count). The first-order chi connectivity index (χ1) is 20.8. The lowest BCUT2D eigenvalue weighted by atomic mass is 9.96. The number of hydrogen-bond donors (Lipinski definition) is 4. The molecule has 0 aliphatic carbocycles. The highest BCUT2D eigenvalue weighted by Gasteiger charge is 2.17. The van der Waals surface area contributed by atoms with Crippen LogP contribution in [0.1, 0.15) is 69.3 Å². The Balaban J connectivity index is 0.00000248. The fourth-order valence-electron chi connectivity index (χ4n) is 4.90. The zero-order chi connectivity index (χ0) is 31.5. The molecule has 2 heterocycles. The summed E-state index contributed by atoms with van der Waals surface area (Å²) >= 11 is 0. The van der Waals surface area contributed by atoms with E-state index >= 15 is 0 Å². The molecule has 43 heavy (non-hydrogen) atoms. The third-order valence-electron chi connectivity index (χ3n) is 6.97. The average Bonchev–Trinajstić information content (AvgIpc) is 3.60. The maximum atomic E-state index is 14.2. The molecule has 0 aliphatic heterocycles. The number of halogens is 1. The Morgan fingerprint density at radius 3 is 2.51 bits per heavy atom. The number of aromatic nitrogens is 3. The van der Waals surface area contributed by atoms with E-state index in [9.17, 15) is 4.39 Å². The van der Waals surface area contributed by atoms with E-state index in [-0.39, 0.29) is 5.82 Å². The van der Waals surface area contributed by atoms with Crippen molar-refractivity contribution < 1.29 is 4.39 Å². The summed E-state index contributed by atoms with van der Waals surface area (Å²) in [5.41, 5.74) is 16.2. The van der Waals surface area contributed by atoms with Gasteiger partial charge >= 0.3 is 0 Å². The first-order valence-corrected chi connectivity index (χ1v) is 14.8. The predicted octanol–water partition coefficient (Wildman–Crippen LogP) is 10.00. The number of hydrogen-bond acceptors (Lipinski definition) is 3. The van der Waals surface area contributed by atoms with E-state index in [2.05, 4.69) is 71.4 Å². The van der Waals surface area contributed by atoms with Crippen molar-refractivity contribution in [1.82, 2.24) is 20.5 Å². The Labute approximate surface area is 255 Å². The number of unbranched alkanes of at least 4 members (excludes halogenated alkanes) is 1. The van der Waals surface area contributed by atoms with E-state index in [1.165, 1.54) is 12.1 Å². The van der Waals surface area contributed by atoms with E-state index in [0.717, 1.165) is 80.9 Å². The van der Waals surface area contributed by atoms with Crippen molar-refractivity contribution in [2.24, 2.45) is 0 Å². The molecule has 4 aromatic rings. The highest BCUT2D eigenvalue weighted by atomic mass is 19.1. The minimum atomic E-state index is -0.386. The van der Waals surface area contributed by atoms with Crippen LogP contribution in [-0.4, -0.2) is 15.2 Å². The molecule has 0 aliphatic rings. The number of rotatable bonds is 12. The van der Waals surface area contributed by atoms with Gasteiger partial charge in [-0.15, -0.1) is 0 Å². The van der Waals surface area contributed by atoms with Crippen molar-refractivity contribution in [3.05, 3.63) is 132 Å². The molecule has 2 aromatic carbocycles. The smallest absolute Gasteiger partial charge is 0.125 e. The highest BCUT2D eigenvalue weighted by Crippen LogP contribution is 2.34. The van der Waals surface area contributed by atoms with Gasteiger partial charge in [-0.25, -0.2) is 4.39 Å². The number of allylic oxidation sites excluding steroid dienone is 7. The van der Waals surface area contributed by atoms with Gasteiger partial charge < -0.3 is 16.0 Å². The number of nitrogens with two attached hydrogens (primary N) is 1. The summed E-state index contributed by atoms with van der Waals surface area (Å²) in [4.78, 5) is 3.48. The summed E-state index contributed by atoms with van der Waals surface area (Å²) in [6, 6.07) is 12.8. The molecule has 224 valence electrons. The third-order valence-corrected chi connectivity index (χ3v) is 6.97. The quantitative estimate of drug-likeness (QED) is 0.0999. The number of nitrogens with zero attached hydrogens (tertiary/aromatic N) is 1. The second-order valence-corrected chi connectivity index (χ2v) is 10.0. The van der Waals surface area contributed by atoms with Gasteiger partial charge in [0.1, 0.15) is 11.5 Å². The van der Waals surface area contributed by atoms with E-state index in [0.29, 0.717) is 11.3 Å². The summed E-state index contributed by atoms with van der Waals surface area (Å²) in [7, 11) is 0. The van der Waals surface area contributed by atoms with E-state index in [1.807, 2.05) is 52.0 Å². The van der Waals surface area contributed by atoms with Crippen LogP contribution in [0.15, 0.2) is 104 Å². The SMILES string of the molecule is C=C/C=C(/c1cc(N)cc(F)c1)c1cc(-c2n[nH]c3ccc(C(/C=C(\C=C)NC(=C)CCCC)=C/C)cc23)[nH]c1C.CC. The van der Waals surface area contributed by atoms with Crippen LogP contribution in [0.3, 0.4) is 0 Å². The predicted molar refractivity (Wildman–Crippen MR) is 184 cm³/mol. The summed E-state index contributed by atoms with van der Waals surface area (Å²) < 4.78 is 14.2. The molecule has 2 aromatic heterocycles. The van der Waals surface area contributed by atoms with Crippen LogP contribution >= 0.6 is 0 Å². The molecule has 0 unspecified atom stereocenters. The van der Waals surface area contributed by atoms with Gasteiger partial charge in [-0.3, -0.25) is 5.10 Å². The first kappa shape index (κ1) is 32.7. The second-order valence-electron chi connectivity index (χ2n) is 10.0. The van der Waals surface area contributed by atoms with E-state index in [4.69, 9.17) is 5.73 Å². The van der Waals surface area contributed by atoms with Crippen molar-refractivity contribution in [2.45, 2.75) is 53.9 Å². The van der Waals surface area contributed by atoms with Crippen LogP contribution in [-0.2, 0) is 0 Å². The summed E-state index contributed by atoms with van der Waals surface area (Å²) in [6.45, 7) is 22.2. The lowest BCUT2D eigenvalue weighted by Crippen LogP contribution is -2.10. The molecule has 0 radical (unpaired) electrons. The molecule has 6 heteroatoms. The Bertz CT molecular complexity index is 1670. The lowest BCUT2D eigenvalue weighted by Gasteiger charge is -2.11. The van der Waals surface area contributed by atoms with Crippen LogP contribution in [0.5, 0.6) is 0 Å². The molecule has 0 fully saturated rings. The minimum absolute atomic E-state index is 0.364. The van der Waals surface area contributed by atoms with Gasteiger partial charge in [0.2, 0.25) is 0 Å². The zero-order valence-electron chi connectivity index (χ0n) is 26.1. The van der Waals surface area contributed by atoms with Crippen LogP contribution in [0.25, 0.3) is 33.4 Å². The highest BCUT2D eigenvalue weighted by molar-refractivity contribution is 5.96. The molecular weight excluding hydrogens is 533 g/mol. The number of aromatic amines is 2. The standard InChI is InChI=1S/C35H38FN5.C2H6/c1-7-11-13-22(5)38-29(10-4)18-24(9-3)25-14-15-33-32(19-25)35(41-40-33)34-21-31(23(6)39-34)30(12-8-2)26-16-27(36)20-28(37)17-26;1-2/h8-10,12,14-21,38-39H,2,4-5,7,11,13,37H2,1,3,6H3,(H,40,41);1-2H3/b24-9+,29-18+,30-12-;. The van der Waals surface area contributed by atoms with Gasteiger partial charge in [-0.05, 0) is 97.5 Å². The van der Waals surface area contributed by atoms with Crippen LogP contribution in [0.4, 0.5) is 10.1 Å². The number of benzene rings is 2. The number of aryl methyl sites for hydroxylation is 1. The van der Waals surface area contributed by atoms with Crippen molar-refractivity contribution in [2.75, 3.05) is 5.73 Å². The van der Waals surface area contributed by atoms with Gasteiger partial charge in [-0.2, -0.15) is 5.10 Å². The fraction of sp³-hybridized carbons (Fsp3) is 0.216. The molecule has 0 bridgehead atoms. The maximum Gasteiger partial charge on any atom is 0.125 e. The number of anilines is 1. The molecule has 5 nitrogen and oxygen atoms in total. The van der Waals surface area contributed by atoms with Crippen molar-refractivity contribution in [3.8, 4) is 11.4 Å². The van der Waals surface area contributed by atoms with Gasteiger partial charge in [-0.1, -0.05) is 71.2 Å². The fourth-order valence-corrected chi connectivity index (χ4v) is 4.90. The molecular formula is C37H44FN5. The number of fused-ring (bicyclic) bond motifs is 1. The molecule has 0 atom stereocenters. The van der Waals surface area contributed by atoms with Crippen molar-refractivity contribution in [1.29, 1.82) is 0 Å². The van der Waals surface area contributed by atoms with Crippen molar-refractivity contribution in [3.63, 3.8) is 0 Å². The number of H-pyrrole nitrogens is 2. The lowest BCUT2D eigenvalue weighted by molar-refractivity contribution is 0.628. The second kappa shape index (κ2) is 15.4. The normalized spacial score (nSPS) is 12.1. The average molecular weight is 578 g/mol. The molecule has 0 saturated carbocycles. The Morgan fingerprint density at radius 1 is 1.09 bits per heavy atom. The minimum Gasteiger partial charge on any atom is -0.399 e. The Kier molecular flexibility index (Phi) is 11.7. The molecule has 0 saturated heterocycles. The van der Waals surface area contributed by atoms with Gasteiger partial charge in [0.15, 0.2) is 0 Å². The third kappa shape index (κ3) is 7.92. The Morgan fingerprint density at radius 2 is 1.86 bits per heavy atom. The van der Waals surface area contributed by atoms with Gasteiger partial charge in [0.25, 0.3) is 0 Å².